The van der Waals surface area contributed by atoms with Crippen LogP contribution in [0.3, 0.4) is 0 Å². The number of nitrogens with one attached hydrogen (secondary N) is 2. The fraction of sp³-hybridized carbons (Fsp3) is 0.0588. The molecular formula is C17H12Cl2N2O2S2. The zero-order valence-corrected chi connectivity index (χ0v) is 16.0. The first-order chi connectivity index (χ1) is 11.8. The van der Waals surface area contributed by atoms with E-state index in [4.69, 9.17) is 35.4 Å². The third-order valence-electron chi connectivity index (χ3n) is 3.43. The van der Waals surface area contributed by atoms with Crippen LogP contribution in [0.25, 0.3) is 10.1 Å². The first-order valence-electron chi connectivity index (χ1n) is 7.14. The van der Waals surface area contributed by atoms with Gasteiger partial charge in [0.05, 0.1) is 10.7 Å². The number of anilines is 1. The molecule has 2 aromatic carbocycles. The summed E-state index contributed by atoms with van der Waals surface area (Å²) in [5.74, 6) is -0.385. The summed E-state index contributed by atoms with van der Waals surface area (Å²) in [6.45, 7) is 1.88. The molecule has 3 N–H and O–H groups in total. The van der Waals surface area contributed by atoms with E-state index in [0.717, 1.165) is 15.6 Å². The number of phenols is 1. The van der Waals surface area contributed by atoms with Crippen LogP contribution in [0.5, 0.6) is 5.75 Å². The Morgan fingerprint density at radius 1 is 1.20 bits per heavy atom. The van der Waals surface area contributed by atoms with Gasteiger partial charge in [0, 0.05) is 15.1 Å². The molecule has 1 heterocycles. The van der Waals surface area contributed by atoms with Crippen molar-refractivity contribution in [3.05, 3.63) is 56.9 Å². The number of aryl methyl sites for hydroxylation is 1. The number of hydrogen-bond donors (Lipinski definition) is 3. The van der Waals surface area contributed by atoms with E-state index in [1.165, 1.54) is 11.3 Å². The van der Waals surface area contributed by atoms with E-state index < -0.39 is 5.91 Å². The summed E-state index contributed by atoms with van der Waals surface area (Å²) in [5.41, 5.74) is 1.36. The first kappa shape index (κ1) is 17.9. The molecule has 0 aliphatic rings. The molecule has 128 valence electrons. The second kappa shape index (κ2) is 7.17. The molecule has 0 aliphatic carbocycles. The number of carbonyl (C=O) groups is 1. The van der Waals surface area contributed by atoms with E-state index in [1.807, 2.05) is 6.92 Å². The van der Waals surface area contributed by atoms with Crippen molar-refractivity contribution in [3.8, 4) is 5.75 Å². The largest absolute Gasteiger partial charge is 0.506 e. The third kappa shape index (κ3) is 3.88. The highest BCUT2D eigenvalue weighted by atomic mass is 35.5. The molecule has 1 aromatic heterocycles. The number of hydrogen-bond acceptors (Lipinski definition) is 4. The lowest BCUT2D eigenvalue weighted by Crippen LogP contribution is -2.33. The van der Waals surface area contributed by atoms with E-state index in [0.29, 0.717) is 20.6 Å². The van der Waals surface area contributed by atoms with Crippen LogP contribution in [0.1, 0.15) is 15.2 Å². The highest BCUT2D eigenvalue weighted by Gasteiger charge is 2.18. The lowest BCUT2D eigenvalue weighted by Gasteiger charge is -2.11. The van der Waals surface area contributed by atoms with E-state index in [2.05, 4.69) is 10.6 Å². The van der Waals surface area contributed by atoms with Crippen LogP contribution in [0.2, 0.25) is 10.0 Å². The lowest BCUT2D eigenvalue weighted by molar-refractivity contribution is 0.0982. The Hall–Kier alpha value is -1.86. The Balaban J connectivity index is 1.79. The SMILES string of the molecule is Cc1ccc(O)c(NC(=S)NC(=O)c2sc3cc(Cl)ccc3c2Cl)c1. The van der Waals surface area contributed by atoms with Gasteiger partial charge in [0.25, 0.3) is 5.91 Å². The van der Waals surface area contributed by atoms with E-state index >= 15 is 0 Å². The quantitative estimate of drug-likeness (QED) is 0.393. The normalized spacial score (nSPS) is 10.7. The van der Waals surface area contributed by atoms with Gasteiger partial charge in [-0.15, -0.1) is 11.3 Å². The molecule has 0 unspecified atom stereocenters. The summed E-state index contributed by atoms with van der Waals surface area (Å²) in [6.07, 6.45) is 0. The Bertz CT molecular complexity index is 1000. The summed E-state index contributed by atoms with van der Waals surface area (Å²) < 4.78 is 0.817. The zero-order chi connectivity index (χ0) is 18.1. The third-order valence-corrected chi connectivity index (χ3v) is 5.52. The molecule has 0 aliphatic heterocycles. The summed E-state index contributed by atoms with van der Waals surface area (Å²) in [4.78, 5) is 12.8. The van der Waals surface area contributed by atoms with Gasteiger partial charge in [-0.1, -0.05) is 35.3 Å². The van der Waals surface area contributed by atoms with Gasteiger partial charge in [-0.25, -0.2) is 0 Å². The summed E-state index contributed by atoms with van der Waals surface area (Å²) in [6, 6.07) is 10.3. The highest BCUT2D eigenvalue weighted by Crippen LogP contribution is 2.36. The predicted octanol–water partition coefficient (Wildman–Crippen LogP) is 5.35. The molecular weight excluding hydrogens is 399 g/mol. The van der Waals surface area contributed by atoms with Crippen molar-refractivity contribution in [1.29, 1.82) is 0 Å². The molecule has 1 amide bonds. The second-order valence-corrected chi connectivity index (χ2v) is 7.59. The number of carbonyl (C=O) groups excluding carboxylic acids is 1. The maximum atomic E-state index is 12.5. The van der Waals surface area contributed by atoms with Crippen LogP contribution in [-0.4, -0.2) is 16.1 Å². The van der Waals surface area contributed by atoms with Gasteiger partial charge in [0.15, 0.2) is 5.11 Å². The van der Waals surface area contributed by atoms with Crippen LogP contribution < -0.4 is 10.6 Å². The van der Waals surface area contributed by atoms with Crippen molar-refractivity contribution in [2.24, 2.45) is 0 Å². The molecule has 3 rings (SSSR count). The lowest BCUT2D eigenvalue weighted by atomic mass is 10.2. The fourth-order valence-corrected chi connectivity index (χ4v) is 4.14. The van der Waals surface area contributed by atoms with Crippen molar-refractivity contribution >= 4 is 73.5 Å². The minimum absolute atomic E-state index is 0.0386. The van der Waals surface area contributed by atoms with Crippen LogP contribution in [0.4, 0.5) is 5.69 Å². The molecule has 0 saturated heterocycles. The molecule has 0 bridgehead atoms. The number of thiocarbonyl (C=S) groups is 1. The number of amides is 1. The van der Waals surface area contributed by atoms with E-state index in [1.54, 1.807) is 36.4 Å². The van der Waals surface area contributed by atoms with Gasteiger partial charge in [0.1, 0.15) is 10.6 Å². The molecule has 8 heteroatoms. The molecule has 0 radical (unpaired) electrons. The van der Waals surface area contributed by atoms with Crippen LogP contribution in [0, 0.1) is 6.92 Å². The number of halogens is 2. The average molecular weight is 411 g/mol. The van der Waals surface area contributed by atoms with Gasteiger partial charge < -0.3 is 10.4 Å². The molecule has 3 aromatic rings. The van der Waals surface area contributed by atoms with E-state index in [-0.39, 0.29) is 10.9 Å². The van der Waals surface area contributed by atoms with Crippen LogP contribution in [0.15, 0.2) is 36.4 Å². The standard InChI is InChI=1S/C17H12Cl2N2O2S2/c1-8-2-5-12(22)11(6-8)20-17(24)21-16(23)15-14(19)10-4-3-9(18)7-13(10)25-15/h2-7,22H,1H3,(H2,20,21,23,24). The van der Waals surface area contributed by atoms with Gasteiger partial charge in [0.2, 0.25) is 0 Å². The number of benzene rings is 2. The van der Waals surface area contributed by atoms with Gasteiger partial charge >= 0.3 is 0 Å². The minimum Gasteiger partial charge on any atom is -0.506 e. The fourth-order valence-electron chi connectivity index (χ4n) is 2.25. The molecule has 0 fully saturated rings. The minimum atomic E-state index is -0.424. The molecule has 4 nitrogen and oxygen atoms in total. The number of fused-ring (bicyclic) bond motifs is 1. The smallest absolute Gasteiger partial charge is 0.269 e. The van der Waals surface area contributed by atoms with Gasteiger partial charge in [-0.2, -0.15) is 0 Å². The molecule has 25 heavy (non-hydrogen) atoms. The molecule has 0 saturated carbocycles. The number of aromatic hydroxyl groups is 1. The summed E-state index contributed by atoms with van der Waals surface area (Å²) in [5, 5.41) is 17.0. The first-order valence-corrected chi connectivity index (χ1v) is 9.12. The Morgan fingerprint density at radius 2 is 1.96 bits per heavy atom. The number of thiophene rings is 1. The van der Waals surface area contributed by atoms with Crippen molar-refractivity contribution in [3.63, 3.8) is 0 Å². The number of rotatable bonds is 2. The Morgan fingerprint density at radius 3 is 2.72 bits per heavy atom. The maximum Gasteiger partial charge on any atom is 0.269 e. The average Bonchev–Trinajstić information content (AvgIpc) is 2.87. The van der Waals surface area contributed by atoms with Gasteiger partial charge in [-0.05, 0) is 49.0 Å². The summed E-state index contributed by atoms with van der Waals surface area (Å²) in [7, 11) is 0. The maximum absolute atomic E-state index is 12.5. The van der Waals surface area contributed by atoms with E-state index in [9.17, 15) is 9.90 Å². The highest BCUT2D eigenvalue weighted by molar-refractivity contribution is 7.80. The van der Waals surface area contributed by atoms with Crippen molar-refractivity contribution < 1.29 is 9.90 Å². The second-order valence-electron chi connectivity index (χ2n) is 5.31. The van der Waals surface area contributed by atoms with Crippen LogP contribution in [-0.2, 0) is 0 Å². The zero-order valence-electron chi connectivity index (χ0n) is 12.9. The predicted molar refractivity (Wildman–Crippen MR) is 108 cm³/mol. The molecule has 0 spiro atoms. The number of phenolic OH excluding ortho intramolecular Hbond substituents is 1. The molecule has 0 atom stereocenters. The topological polar surface area (TPSA) is 61.4 Å². The van der Waals surface area contributed by atoms with Crippen molar-refractivity contribution in [2.75, 3.05) is 5.32 Å². The van der Waals surface area contributed by atoms with Crippen molar-refractivity contribution in [2.45, 2.75) is 6.92 Å². The Kier molecular flexibility index (Phi) is 5.15. The summed E-state index contributed by atoms with van der Waals surface area (Å²) >= 11 is 18.6. The Labute approximate surface area is 163 Å². The van der Waals surface area contributed by atoms with Crippen LogP contribution >= 0.6 is 46.8 Å². The van der Waals surface area contributed by atoms with Crippen molar-refractivity contribution in [1.82, 2.24) is 5.32 Å². The monoisotopic (exact) mass is 410 g/mol. The van der Waals surface area contributed by atoms with Gasteiger partial charge in [-0.3, -0.25) is 10.1 Å².